The summed E-state index contributed by atoms with van der Waals surface area (Å²) in [4.78, 5) is 43.5. The topological polar surface area (TPSA) is 207 Å². The van der Waals surface area contributed by atoms with Crippen molar-refractivity contribution >= 4 is 23.7 Å². The minimum absolute atomic E-state index is 0.0225. The van der Waals surface area contributed by atoms with Crippen LogP contribution in [0.3, 0.4) is 0 Å². The first-order chi connectivity index (χ1) is 19.1. The van der Waals surface area contributed by atoms with E-state index in [0.717, 1.165) is 12.0 Å². The Bertz CT molecular complexity index is 1410. The Morgan fingerprint density at radius 3 is 2.77 bits per heavy atom. The predicted molar refractivity (Wildman–Crippen MR) is 143 cm³/mol. The molecule has 14 heteroatoms. The smallest absolute Gasteiger partial charge is 0.343 e. The van der Waals surface area contributed by atoms with Crippen LogP contribution in [0, 0.1) is 0 Å². The predicted octanol–water partition coefficient (Wildman–Crippen LogP) is -3.50. The summed E-state index contributed by atoms with van der Waals surface area (Å²) in [6.07, 6.45) is 2.66. The number of rotatable bonds is 5. The van der Waals surface area contributed by atoms with Crippen molar-refractivity contribution in [3.05, 3.63) is 53.6 Å². The molecule has 0 aliphatic carbocycles. The van der Waals surface area contributed by atoms with Gasteiger partial charge in [-0.1, -0.05) is 26.0 Å². The summed E-state index contributed by atoms with van der Waals surface area (Å²) < 4.78 is 5.93. The minimum atomic E-state index is -1.21. The highest BCUT2D eigenvalue weighted by atomic mass is 16.5. The minimum Gasteiger partial charge on any atom is -0.492 e. The summed E-state index contributed by atoms with van der Waals surface area (Å²) in [5.41, 5.74) is 12.6. The highest BCUT2D eigenvalue weighted by molar-refractivity contribution is 5.98. The number of carbonyl (C=O) groups excluding carboxylic acids is 2. The van der Waals surface area contributed by atoms with Gasteiger partial charge in [0.05, 0.1) is 18.2 Å². The van der Waals surface area contributed by atoms with E-state index in [0.29, 0.717) is 17.9 Å². The summed E-state index contributed by atoms with van der Waals surface area (Å²) >= 11 is 0. The van der Waals surface area contributed by atoms with Gasteiger partial charge in [0.2, 0.25) is 11.5 Å². The molecule has 6 rings (SSSR count). The third-order valence-electron chi connectivity index (χ3n) is 8.26. The molecule has 14 nitrogen and oxygen atoms in total. The summed E-state index contributed by atoms with van der Waals surface area (Å²) in [6, 6.07) is 5.26. The Hall–Kier alpha value is -4.46. The van der Waals surface area contributed by atoms with Crippen LogP contribution >= 0.6 is 0 Å². The highest BCUT2D eigenvalue weighted by Gasteiger charge is 2.68. The van der Waals surface area contributed by atoms with Crippen molar-refractivity contribution in [2.75, 3.05) is 19.7 Å². The largest absolute Gasteiger partial charge is 0.492 e. The standard InChI is InChI=1S/C26H32N10O4/c1-25(2)7-10-40-17-13(5-3-6-14(17)25)21(38)32-16-12-36-24(28)33-15(11-31-22(39)20-29-8-4-9-30-20)18-26(36,19(16)37)35-23(27)34-18/h3-6,8-9,15-16,18-19,37H,7,10-12H2,1-2H3,(H2,28,33)(H,31,39)(H,32,38)(H3,27,34,35)/p+1/t15-,16?,18-,19+,26-/m0/s1. The molecular weight excluding hydrogens is 516 g/mol. The first-order valence-corrected chi connectivity index (χ1v) is 13.2. The fraction of sp³-hybridized carbons (Fsp3) is 0.462. The van der Waals surface area contributed by atoms with Gasteiger partial charge in [0, 0.05) is 31.0 Å². The van der Waals surface area contributed by atoms with Crippen LogP contribution in [0.15, 0.2) is 41.7 Å². The number of aliphatic hydroxyl groups excluding tert-OH is 1. The van der Waals surface area contributed by atoms with Gasteiger partial charge in [-0.25, -0.2) is 20.3 Å². The van der Waals surface area contributed by atoms with Crippen LogP contribution in [0.5, 0.6) is 5.75 Å². The van der Waals surface area contributed by atoms with Crippen molar-refractivity contribution in [3.63, 3.8) is 0 Å². The molecule has 1 fully saturated rings. The maximum absolute atomic E-state index is 13.5. The number of nitrogens with two attached hydrogens (primary N) is 2. The second-order valence-corrected chi connectivity index (χ2v) is 11.1. The van der Waals surface area contributed by atoms with E-state index in [4.69, 9.17) is 16.2 Å². The average Bonchev–Trinajstić information content (AvgIpc) is 3.43. The third-order valence-corrected chi connectivity index (χ3v) is 8.26. The Morgan fingerprint density at radius 1 is 1.23 bits per heavy atom. The van der Waals surface area contributed by atoms with E-state index in [-0.39, 0.29) is 42.2 Å². The van der Waals surface area contributed by atoms with Gasteiger partial charge in [-0.3, -0.25) is 20.3 Å². The van der Waals surface area contributed by atoms with E-state index in [1.807, 2.05) is 12.1 Å². The average molecular weight is 550 g/mol. The van der Waals surface area contributed by atoms with Crippen molar-refractivity contribution in [1.29, 1.82) is 0 Å². The number of para-hydroxylation sites is 1. The molecule has 9 N–H and O–H groups in total. The van der Waals surface area contributed by atoms with E-state index < -0.39 is 35.8 Å². The maximum atomic E-state index is 13.5. The number of guanidine groups is 2. The number of carbonyl (C=O) groups is 2. The lowest BCUT2D eigenvalue weighted by Gasteiger charge is -2.43. The molecule has 210 valence electrons. The van der Waals surface area contributed by atoms with E-state index in [1.165, 1.54) is 12.4 Å². The number of hydrogen-bond acceptors (Lipinski definition) is 11. The summed E-state index contributed by atoms with van der Waals surface area (Å²) in [5.74, 6) is 0.123. The van der Waals surface area contributed by atoms with Crippen LogP contribution in [-0.4, -0.2) is 93.3 Å². The van der Waals surface area contributed by atoms with Gasteiger partial charge in [-0.2, -0.15) is 0 Å². The van der Waals surface area contributed by atoms with Crippen molar-refractivity contribution in [2.24, 2.45) is 16.5 Å². The molecular formula is C26H33N10O4+. The summed E-state index contributed by atoms with van der Waals surface area (Å²) in [5, 5.41) is 20.6. The monoisotopic (exact) mass is 549 g/mol. The van der Waals surface area contributed by atoms with Crippen molar-refractivity contribution < 1.29 is 24.4 Å². The number of benzene rings is 1. The van der Waals surface area contributed by atoms with E-state index in [9.17, 15) is 14.7 Å². The molecule has 1 spiro atoms. The lowest BCUT2D eigenvalue weighted by molar-refractivity contribution is -0.513. The van der Waals surface area contributed by atoms with Gasteiger partial charge in [0.15, 0.2) is 12.0 Å². The van der Waals surface area contributed by atoms with Crippen LogP contribution in [0.1, 0.15) is 46.8 Å². The maximum Gasteiger partial charge on any atom is 0.343 e. The van der Waals surface area contributed by atoms with Crippen molar-refractivity contribution in [1.82, 2.24) is 30.8 Å². The molecule has 0 radical (unpaired) electrons. The van der Waals surface area contributed by atoms with Gasteiger partial charge in [0.1, 0.15) is 17.9 Å². The van der Waals surface area contributed by atoms with Crippen molar-refractivity contribution in [3.8, 4) is 5.75 Å². The Morgan fingerprint density at radius 2 is 2.00 bits per heavy atom. The van der Waals surface area contributed by atoms with Crippen LogP contribution < -0.4 is 37.1 Å². The number of ether oxygens (including phenoxy) is 1. The number of aliphatic imine (C=N–C) groups is 1. The van der Waals surface area contributed by atoms with Gasteiger partial charge in [-0.15, -0.1) is 0 Å². The zero-order valence-corrected chi connectivity index (χ0v) is 22.2. The fourth-order valence-electron chi connectivity index (χ4n) is 6.18. The molecule has 1 unspecified atom stereocenters. The molecule has 0 bridgehead atoms. The van der Waals surface area contributed by atoms with Crippen LogP contribution in [-0.2, 0) is 5.41 Å². The molecule has 4 aliphatic heterocycles. The van der Waals surface area contributed by atoms with E-state index >= 15 is 0 Å². The third kappa shape index (κ3) is 3.97. The van der Waals surface area contributed by atoms with E-state index in [2.05, 4.69) is 49.8 Å². The number of hydrogen-bond donors (Lipinski definition) is 7. The van der Waals surface area contributed by atoms with Gasteiger partial charge >= 0.3 is 5.96 Å². The van der Waals surface area contributed by atoms with Gasteiger partial charge < -0.3 is 31.1 Å². The number of fused-ring (bicyclic) bond motifs is 1. The second-order valence-electron chi connectivity index (χ2n) is 11.1. The highest BCUT2D eigenvalue weighted by Crippen LogP contribution is 2.41. The van der Waals surface area contributed by atoms with Crippen LogP contribution in [0.4, 0.5) is 0 Å². The molecule has 5 atom stereocenters. The Labute approximate surface area is 230 Å². The first kappa shape index (κ1) is 25.8. The quantitative estimate of drug-likeness (QED) is 0.196. The number of aromatic nitrogens is 2. The van der Waals surface area contributed by atoms with Crippen LogP contribution in [0.25, 0.3) is 0 Å². The second kappa shape index (κ2) is 9.33. The number of aliphatic hydroxyl groups is 1. The molecule has 40 heavy (non-hydrogen) atoms. The molecule has 4 aliphatic rings. The number of nitrogens with zero attached hydrogens (tertiary/aromatic N) is 4. The Kier molecular flexibility index (Phi) is 6.02. The van der Waals surface area contributed by atoms with Crippen LogP contribution in [0.2, 0.25) is 0 Å². The lowest BCUT2D eigenvalue weighted by Crippen LogP contribution is -2.88. The first-order valence-electron chi connectivity index (χ1n) is 13.2. The molecule has 2 aromatic rings. The summed E-state index contributed by atoms with van der Waals surface area (Å²) in [6.45, 7) is 5.02. The number of amides is 2. The molecule has 2 amide bonds. The summed E-state index contributed by atoms with van der Waals surface area (Å²) in [7, 11) is 0. The zero-order chi connectivity index (χ0) is 28.2. The Balaban J connectivity index is 1.23. The van der Waals surface area contributed by atoms with E-state index in [1.54, 1.807) is 17.0 Å². The molecule has 5 heterocycles. The normalized spacial score (nSPS) is 29.5. The lowest BCUT2D eigenvalue weighted by atomic mass is 9.79. The molecule has 0 saturated carbocycles. The van der Waals surface area contributed by atoms with Gasteiger partial charge in [-0.05, 0) is 24.0 Å². The van der Waals surface area contributed by atoms with Crippen molar-refractivity contribution in [2.45, 2.75) is 55.6 Å². The zero-order valence-electron chi connectivity index (χ0n) is 22.2. The van der Waals surface area contributed by atoms with Gasteiger partial charge in [0.25, 0.3) is 11.8 Å². The fourth-order valence-corrected chi connectivity index (χ4v) is 6.18. The molecule has 1 saturated heterocycles. The molecule has 1 aromatic heterocycles. The molecule has 1 aromatic carbocycles. The number of nitrogens with one attached hydrogen (secondary N) is 4. The SMILES string of the molecule is CC1(C)CCOc2c(C(=O)NC3CN4C(N)=N[C@@H](CNC(=O)c5ncccn5)[C@@H]5[NH+]=C(N)N[C@@]54[C@@H]3O)cccc21.